The van der Waals surface area contributed by atoms with E-state index >= 15 is 0 Å². The third kappa shape index (κ3) is 4.19. The zero-order valence-corrected chi connectivity index (χ0v) is 6.80. The molecule has 0 saturated carbocycles. The molecule has 0 amide bonds. The fraction of sp³-hybridized carbons (Fsp3) is 1.00. The minimum absolute atomic E-state index is 0.139. The molecule has 0 heterocycles. The van der Waals surface area contributed by atoms with Crippen LogP contribution in [0, 0.1) is 0 Å². The summed E-state index contributed by atoms with van der Waals surface area (Å²) < 4.78 is 46.9. The zero-order valence-electron chi connectivity index (χ0n) is 6.80. The summed E-state index contributed by atoms with van der Waals surface area (Å²) in [7, 11) is 0. The van der Waals surface area contributed by atoms with Crippen LogP contribution in [0.2, 0.25) is 0 Å². The van der Waals surface area contributed by atoms with Crippen LogP contribution in [0.15, 0.2) is 0 Å². The van der Waals surface area contributed by atoms with E-state index < -0.39 is 18.4 Å². The van der Waals surface area contributed by atoms with Gasteiger partial charge in [0.15, 0.2) is 0 Å². The molecule has 0 aromatic heterocycles. The molecule has 0 spiro atoms. The summed E-state index contributed by atoms with van der Waals surface area (Å²) in [5, 5.41) is 0. The molecule has 70 valence electrons. The molecule has 5 heteroatoms. The maximum absolute atomic E-state index is 11.8. The van der Waals surface area contributed by atoms with Crippen molar-refractivity contribution in [3.8, 4) is 0 Å². The number of alkyl halides is 4. The Morgan fingerprint density at radius 2 is 1.36 bits per heavy atom. The molecule has 0 bridgehead atoms. The molecule has 11 heavy (non-hydrogen) atoms. The lowest BCUT2D eigenvalue weighted by atomic mass is 10.2. The maximum atomic E-state index is 11.8. The first-order valence-electron chi connectivity index (χ1n) is 3.27. The van der Waals surface area contributed by atoms with Crippen molar-refractivity contribution in [1.29, 1.82) is 0 Å². The fourth-order valence-corrected chi connectivity index (χ4v) is 0.179. The summed E-state index contributed by atoms with van der Waals surface area (Å²) in [5.74, 6) is -8.09. The Morgan fingerprint density at radius 1 is 1.09 bits per heavy atom. The predicted molar refractivity (Wildman–Crippen MR) is 36.0 cm³/mol. The average Bonchev–Trinajstić information content (AvgIpc) is 1.90. The van der Waals surface area contributed by atoms with Gasteiger partial charge in [-0.05, 0) is 0 Å². The molecule has 0 rings (SSSR count). The average molecular weight is 175 g/mol. The highest BCUT2D eigenvalue weighted by Gasteiger charge is 2.50. The Hall–Kier alpha value is -0.320. The van der Waals surface area contributed by atoms with Crippen molar-refractivity contribution in [3.05, 3.63) is 0 Å². The lowest BCUT2D eigenvalue weighted by Crippen LogP contribution is -2.43. The second kappa shape index (κ2) is 4.54. The molecule has 0 radical (unpaired) electrons. The molecule has 2 N–H and O–H groups in total. The second-order valence-corrected chi connectivity index (χ2v) is 1.80. The van der Waals surface area contributed by atoms with Gasteiger partial charge in [-0.25, -0.2) is 8.78 Å². The first kappa shape index (κ1) is 13.3. The molecule has 0 saturated heterocycles. The molecule has 0 atom stereocenters. The van der Waals surface area contributed by atoms with Crippen LogP contribution in [-0.4, -0.2) is 18.4 Å². The van der Waals surface area contributed by atoms with Crippen molar-refractivity contribution in [2.45, 2.75) is 32.6 Å². The van der Waals surface area contributed by atoms with E-state index in [4.69, 9.17) is 0 Å². The minimum atomic E-state index is -4.08. The molecule has 0 unspecified atom stereocenters. The maximum Gasteiger partial charge on any atom is 0.321 e. The quantitative estimate of drug-likeness (QED) is 0.640. The molecule has 0 fully saturated rings. The van der Waals surface area contributed by atoms with Crippen LogP contribution < -0.4 is 5.73 Å². The van der Waals surface area contributed by atoms with Crippen molar-refractivity contribution < 1.29 is 17.6 Å². The van der Waals surface area contributed by atoms with Gasteiger partial charge in [-0.15, -0.1) is 0 Å². The normalized spacial score (nSPS) is 12.0. The Morgan fingerprint density at radius 3 is 1.36 bits per heavy atom. The van der Waals surface area contributed by atoms with Crippen LogP contribution in [0.1, 0.15) is 20.8 Å². The predicted octanol–water partition coefficient (Wildman–Crippen LogP) is 2.26. The standard InChI is InChI=1S/C4H7F4N.C2H6/c1-3(5,6)4(7,8)2-9;1-2/h2,9H2,1H3;1-2H3. The lowest BCUT2D eigenvalue weighted by Gasteiger charge is -2.20. The summed E-state index contributed by atoms with van der Waals surface area (Å²) >= 11 is 0. The summed E-state index contributed by atoms with van der Waals surface area (Å²) in [6, 6.07) is 0. The van der Waals surface area contributed by atoms with Crippen LogP contribution in [0.3, 0.4) is 0 Å². The molecular formula is C6H13F4N. The van der Waals surface area contributed by atoms with Crippen LogP contribution >= 0.6 is 0 Å². The number of hydrogen-bond donors (Lipinski definition) is 1. The van der Waals surface area contributed by atoms with Crippen LogP contribution in [0.25, 0.3) is 0 Å². The summed E-state index contributed by atoms with van der Waals surface area (Å²) in [4.78, 5) is 0. The summed E-state index contributed by atoms with van der Waals surface area (Å²) in [6.07, 6.45) is 0. The molecular weight excluding hydrogens is 162 g/mol. The number of nitrogens with two attached hydrogens (primary N) is 1. The molecule has 0 aromatic carbocycles. The Kier molecular flexibility index (Phi) is 5.48. The second-order valence-electron chi connectivity index (χ2n) is 1.80. The third-order valence-electron chi connectivity index (χ3n) is 0.899. The minimum Gasteiger partial charge on any atom is -0.325 e. The van der Waals surface area contributed by atoms with E-state index in [1.165, 1.54) is 0 Å². The highest BCUT2D eigenvalue weighted by atomic mass is 19.3. The number of rotatable bonds is 2. The first-order chi connectivity index (χ1) is 4.81. The number of hydrogen-bond acceptors (Lipinski definition) is 1. The Labute approximate surface area is 63.6 Å². The Bertz CT molecular complexity index is 97.2. The van der Waals surface area contributed by atoms with E-state index in [1.807, 2.05) is 13.8 Å². The van der Waals surface area contributed by atoms with Gasteiger partial charge in [0.05, 0.1) is 6.54 Å². The van der Waals surface area contributed by atoms with Crippen molar-refractivity contribution >= 4 is 0 Å². The lowest BCUT2D eigenvalue weighted by molar-refractivity contribution is -0.190. The van der Waals surface area contributed by atoms with Crippen molar-refractivity contribution in [2.24, 2.45) is 5.73 Å². The molecule has 0 aliphatic heterocycles. The molecule has 1 nitrogen and oxygen atoms in total. The van der Waals surface area contributed by atoms with Gasteiger partial charge in [0, 0.05) is 6.92 Å². The van der Waals surface area contributed by atoms with Gasteiger partial charge >= 0.3 is 11.8 Å². The highest BCUT2D eigenvalue weighted by Crippen LogP contribution is 2.31. The smallest absolute Gasteiger partial charge is 0.321 e. The van der Waals surface area contributed by atoms with Gasteiger partial charge in [0.2, 0.25) is 0 Å². The molecule has 0 aliphatic rings. The van der Waals surface area contributed by atoms with Crippen LogP contribution in [0.4, 0.5) is 17.6 Å². The number of halogens is 4. The highest BCUT2D eigenvalue weighted by molar-refractivity contribution is 4.80. The summed E-state index contributed by atoms with van der Waals surface area (Å²) in [6.45, 7) is 2.82. The first-order valence-corrected chi connectivity index (χ1v) is 3.27. The van der Waals surface area contributed by atoms with Gasteiger partial charge in [0.25, 0.3) is 0 Å². The third-order valence-corrected chi connectivity index (χ3v) is 0.899. The monoisotopic (exact) mass is 175 g/mol. The van der Waals surface area contributed by atoms with Crippen LogP contribution in [-0.2, 0) is 0 Å². The van der Waals surface area contributed by atoms with E-state index in [2.05, 4.69) is 5.73 Å². The van der Waals surface area contributed by atoms with Gasteiger partial charge in [-0.3, -0.25) is 0 Å². The largest absolute Gasteiger partial charge is 0.325 e. The topological polar surface area (TPSA) is 26.0 Å². The van der Waals surface area contributed by atoms with Crippen molar-refractivity contribution in [1.82, 2.24) is 0 Å². The van der Waals surface area contributed by atoms with E-state index in [9.17, 15) is 17.6 Å². The van der Waals surface area contributed by atoms with E-state index in [0.29, 0.717) is 0 Å². The van der Waals surface area contributed by atoms with E-state index in [1.54, 1.807) is 0 Å². The van der Waals surface area contributed by atoms with Crippen LogP contribution in [0.5, 0.6) is 0 Å². The van der Waals surface area contributed by atoms with Crippen molar-refractivity contribution in [3.63, 3.8) is 0 Å². The van der Waals surface area contributed by atoms with Gasteiger partial charge in [-0.1, -0.05) is 13.8 Å². The summed E-state index contributed by atoms with van der Waals surface area (Å²) in [5.41, 5.74) is 4.36. The Balaban J connectivity index is 0. The van der Waals surface area contributed by atoms with Gasteiger partial charge in [-0.2, -0.15) is 8.78 Å². The zero-order chi connectivity index (χ0) is 9.71. The van der Waals surface area contributed by atoms with Gasteiger partial charge < -0.3 is 5.73 Å². The molecule has 0 aliphatic carbocycles. The van der Waals surface area contributed by atoms with Gasteiger partial charge in [0.1, 0.15) is 0 Å². The fourth-order valence-electron chi connectivity index (χ4n) is 0.179. The molecule has 0 aromatic rings. The van der Waals surface area contributed by atoms with E-state index in [0.717, 1.165) is 0 Å². The van der Waals surface area contributed by atoms with E-state index in [-0.39, 0.29) is 6.92 Å². The SMILES string of the molecule is CC.CC(F)(F)C(F)(F)CN. The van der Waals surface area contributed by atoms with Crippen molar-refractivity contribution in [2.75, 3.05) is 6.54 Å².